The third-order valence-corrected chi connectivity index (χ3v) is 5.53. The molecular weight excluding hydrogens is 332 g/mol. The molecule has 0 atom stereocenters. The van der Waals surface area contributed by atoms with Crippen LogP contribution in [0.2, 0.25) is 0 Å². The fourth-order valence-electron chi connectivity index (χ4n) is 2.71. The lowest BCUT2D eigenvalue weighted by Crippen LogP contribution is -2.36. The summed E-state index contributed by atoms with van der Waals surface area (Å²) < 4.78 is 32.5. The molecule has 0 radical (unpaired) electrons. The molecule has 1 aliphatic rings. The van der Waals surface area contributed by atoms with E-state index in [-0.39, 0.29) is 16.5 Å². The van der Waals surface area contributed by atoms with Crippen molar-refractivity contribution in [3.63, 3.8) is 0 Å². The molecule has 1 aromatic rings. The van der Waals surface area contributed by atoms with E-state index >= 15 is 0 Å². The van der Waals surface area contributed by atoms with Crippen molar-refractivity contribution in [3.05, 3.63) is 29.3 Å². The second-order valence-corrected chi connectivity index (χ2v) is 7.69. The Bertz CT molecular complexity index is 724. The van der Waals surface area contributed by atoms with E-state index in [1.54, 1.807) is 6.92 Å². The number of benzene rings is 1. The van der Waals surface area contributed by atoms with Gasteiger partial charge in [0.05, 0.1) is 10.5 Å². The maximum Gasteiger partial charge on any atom is 0.338 e. The molecule has 8 heteroatoms. The Labute approximate surface area is 141 Å². The lowest BCUT2D eigenvalue weighted by Gasteiger charge is -2.22. The largest absolute Gasteiger partial charge is 0.452 e. The van der Waals surface area contributed by atoms with E-state index in [1.165, 1.54) is 18.2 Å². The molecule has 1 saturated carbocycles. The van der Waals surface area contributed by atoms with Crippen LogP contribution in [0.3, 0.4) is 0 Å². The summed E-state index contributed by atoms with van der Waals surface area (Å²) in [7, 11) is -3.71. The zero-order chi connectivity index (χ0) is 17.7. The van der Waals surface area contributed by atoms with Gasteiger partial charge in [-0.3, -0.25) is 4.79 Å². The number of nitrogens with two attached hydrogens (primary N) is 1. The van der Waals surface area contributed by atoms with Crippen molar-refractivity contribution < 1.29 is 22.7 Å². The van der Waals surface area contributed by atoms with E-state index in [2.05, 4.69) is 4.72 Å². The molecule has 7 nitrogen and oxygen atoms in total. The van der Waals surface area contributed by atoms with E-state index in [9.17, 15) is 18.0 Å². The SMILES string of the molecule is Cc1ccc(S(=O)(=O)NC2CCCCC2)cc1C(=O)OCC(N)=O. The summed E-state index contributed by atoms with van der Waals surface area (Å²) in [5, 5.41) is 0. The van der Waals surface area contributed by atoms with Gasteiger partial charge in [0, 0.05) is 6.04 Å². The van der Waals surface area contributed by atoms with E-state index in [4.69, 9.17) is 10.5 Å². The molecule has 0 unspecified atom stereocenters. The van der Waals surface area contributed by atoms with Crippen molar-refractivity contribution in [1.29, 1.82) is 0 Å². The summed E-state index contributed by atoms with van der Waals surface area (Å²) >= 11 is 0. The fourth-order valence-corrected chi connectivity index (χ4v) is 4.04. The van der Waals surface area contributed by atoms with Gasteiger partial charge in [0.25, 0.3) is 5.91 Å². The van der Waals surface area contributed by atoms with Crippen LogP contribution in [0.25, 0.3) is 0 Å². The average Bonchev–Trinajstić information content (AvgIpc) is 2.53. The average molecular weight is 354 g/mol. The van der Waals surface area contributed by atoms with Crippen LogP contribution in [-0.2, 0) is 19.6 Å². The van der Waals surface area contributed by atoms with Crippen LogP contribution in [0.15, 0.2) is 23.1 Å². The summed E-state index contributed by atoms with van der Waals surface area (Å²) in [5.74, 6) is -1.55. The molecule has 0 spiro atoms. The smallest absolute Gasteiger partial charge is 0.338 e. The molecule has 24 heavy (non-hydrogen) atoms. The number of ether oxygens (including phenoxy) is 1. The van der Waals surface area contributed by atoms with Gasteiger partial charge in [-0.25, -0.2) is 17.9 Å². The minimum atomic E-state index is -3.71. The van der Waals surface area contributed by atoms with Crippen molar-refractivity contribution in [3.8, 4) is 0 Å². The number of carbonyl (C=O) groups is 2. The van der Waals surface area contributed by atoms with Crippen LogP contribution in [0.4, 0.5) is 0 Å². The number of primary amides is 1. The van der Waals surface area contributed by atoms with Gasteiger partial charge in [0.1, 0.15) is 0 Å². The Balaban J connectivity index is 2.19. The van der Waals surface area contributed by atoms with Gasteiger partial charge < -0.3 is 10.5 Å². The standard InChI is InChI=1S/C16H22N2O5S/c1-11-7-8-13(9-14(11)16(20)23-10-15(17)19)24(21,22)18-12-5-3-2-4-6-12/h7-9,12,18H,2-6,10H2,1H3,(H2,17,19). The summed E-state index contributed by atoms with van der Waals surface area (Å²) in [6.45, 7) is 1.11. The van der Waals surface area contributed by atoms with Crippen LogP contribution < -0.4 is 10.5 Å². The number of hydrogen-bond donors (Lipinski definition) is 2. The maximum absolute atomic E-state index is 12.5. The quantitative estimate of drug-likeness (QED) is 0.746. The molecule has 1 fully saturated rings. The van der Waals surface area contributed by atoms with Gasteiger partial charge in [-0.2, -0.15) is 0 Å². The minimum absolute atomic E-state index is 0.00435. The number of esters is 1. The normalized spacial score (nSPS) is 15.9. The number of amides is 1. The first kappa shape index (κ1) is 18.4. The number of rotatable bonds is 6. The van der Waals surface area contributed by atoms with Crippen molar-refractivity contribution >= 4 is 21.9 Å². The fraction of sp³-hybridized carbons (Fsp3) is 0.500. The van der Waals surface area contributed by atoms with Crippen molar-refractivity contribution in [2.75, 3.05) is 6.61 Å². The highest BCUT2D eigenvalue weighted by atomic mass is 32.2. The minimum Gasteiger partial charge on any atom is -0.452 e. The monoisotopic (exact) mass is 354 g/mol. The van der Waals surface area contributed by atoms with Crippen molar-refractivity contribution in [2.24, 2.45) is 5.73 Å². The first-order chi connectivity index (χ1) is 11.3. The van der Waals surface area contributed by atoms with Crippen LogP contribution in [0.1, 0.15) is 48.0 Å². The molecule has 2 rings (SSSR count). The third kappa shape index (κ3) is 4.78. The third-order valence-electron chi connectivity index (χ3n) is 4.01. The first-order valence-electron chi connectivity index (χ1n) is 7.88. The molecule has 132 valence electrons. The molecule has 0 saturated heterocycles. The van der Waals surface area contributed by atoms with Crippen LogP contribution in [0.5, 0.6) is 0 Å². The highest BCUT2D eigenvalue weighted by Crippen LogP contribution is 2.21. The second-order valence-electron chi connectivity index (χ2n) is 5.98. The summed E-state index contributed by atoms with van der Waals surface area (Å²) in [6, 6.07) is 4.18. The number of hydrogen-bond acceptors (Lipinski definition) is 5. The van der Waals surface area contributed by atoms with Crippen LogP contribution >= 0.6 is 0 Å². The molecule has 1 aliphatic carbocycles. The van der Waals surface area contributed by atoms with E-state index in [1.807, 2.05) is 0 Å². The highest BCUT2D eigenvalue weighted by Gasteiger charge is 2.23. The van der Waals surface area contributed by atoms with Crippen molar-refractivity contribution in [1.82, 2.24) is 4.72 Å². The molecule has 0 heterocycles. The number of sulfonamides is 1. The second kappa shape index (κ2) is 7.76. The van der Waals surface area contributed by atoms with Crippen LogP contribution in [0, 0.1) is 6.92 Å². The van der Waals surface area contributed by atoms with E-state index in [0.717, 1.165) is 32.1 Å². The van der Waals surface area contributed by atoms with Gasteiger partial charge >= 0.3 is 5.97 Å². The Morgan fingerprint density at radius 3 is 2.54 bits per heavy atom. The molecule has 0 aliphatic heterocycles. The first-order valence-corrected chi connectivity index (χ1v) is 9.36. The maximum atomic E-state index is 12.5. The molecule has 1 aromatic carbocycles. The number of aryl methyl sites for hydroxylation is 1. The topological polar surface area (TPSA) is 116 Å². The lowest BCUT2D eigenvalue weighted by molar-refractivity contribution is -0.121. The Morgan fingerprint density at radius 2 is 1.92 bits per heavy atom. The van der Waals surface area contributed by atoms with Crippen LogP contribution in [-0.4, -0.2) is 32.9 Å². The van der Waals surface area contributed by atoms with Gasteiger partial charge in [-0.1, -0.05) is 25.3 Å². The molecular formula is C16H22N2O5S. The van der Waals surface area contributed by atoms with Gasteiger partial charge in [-0.05, 0) is 37.5 Å². The zero-order valence-corrected chi connectivity index (χ0v) is 14.4. The molecule has 3 N–H and O–H groups in total. The summed E-state index contributed by atoms with van der Waals surface area (Å²) in [4.78, 5) is 22.7. The molecule has 1 amide bonds. The highest BCUT2D eigenvalue weighted by molar-refractivity contribution is 7.89. The summed E-state index contributed by atoms with van der Waals surface area (Å²) in [6.07, 6.45) is 4.77. The Hall–Kier alpha value is -1.93. The van der Waals surface area contributed by atoms with Gasteiger partial charge in [-0.15, -0.1) is 0 Å². The summed E-state index contributed by atoms with van der Waals surface area (Å²) in [5.41, 5.74) is 5.59. The van der Waals surface area contributed by atoms with Gasteiger partial charge in [0.2, 0.25) is 10.0 Å². The molecule has 0 aromatic heterocycles. The zero-order valence-electron chi connectivity index (χ0n) is 13.6. The van der Waals surface area contributed by atoms with E-state index in [0.29, 0.717) is 5.56 Å². The lowest BCUT2D eigenvalue weighted by atomic mass is 9.96. The predicted octanol–water partition coefficient (Wildman–Crippen LogP) is 1.25. The predicted molar refractivity (Wildman–Crippen MR) is 87.9 cm³/mol. The number of nitrogens with one attached hydrogen (secondary N) is 1. The molecule has 0 bridgehead atoms. The Morgan fingerprint density at radius 1 is 1.25 bits per heavy atom. The number of carbonyl (C=O) groups excluding carboxylic acids is 2. The van der Waals surface area contributed by atoms with E-state index < -0.39 is 28.5 Å². The van der Waals surface area contributed by atoms with Gasteiger partial charge in [0.15, 0.2) is 6.61 Å². The van der Waals surface area contributed by atoms with Crippen molar-refractivity contribution in [2.45, 2.75) is 50.0 Å². The Kier molecular flexibility index (Phi) is 5.95.